The molecule has 2 aromatic heterocycles. The monoisotopic (exact) mass is 321 g/mol. The van der Waals surface area contributed by atoms with Gasteiger partial charge >= 0.3 is 0 Å². The molecule has 1 aromatic carbocycles. The SMILES string of the molecule is COc1ccc(CNC(=O)c2cc(C)nc3ccc(C)cc23)cn1. The summed E-state index contributed by atoms with van der Waals surface area (Å²) in [5, 5.41) is 3.81. The molecule has 3 rings (SSSR count). The quantitative estimate of drug-likeness (QED) is 0.801. The van der Waals surface area contributed by atoms with E-state index in [4.69, 9.17) is 4.74 Å². The third kappa shape index (κ3) is 3.35. The molecular weight excluding hydrogens is 302 g/mol. The number of methoxy groups -OCH3 is 1. The summed E-state index contributed by atoms with van der Waals surface area (Å²) in [5.41, 5.74) is 4.30. The van der Waals surface area contributed by atoms with E-state index in [2.05, 4.69) is 15.3 Å². The van der Waals surface area contributed by atoms with E-state index in [9.17, 15) is 4.79 Å². The van der Waals surface area contributed by atoms with Gasteiger partial charge in [-0.25, -0.2) is 4.98 Å². The number of aromatic nitrogens is 2. The number of ether oxygens (including phenoxy) is 1. The fourth-order valence-corrected chi connectivity index (χ4v) is 2.57. The molecule has 5 nitrogen and oxygen atoms in total. The second-order valence-corrected chi connectivity index (χ2v) is 5.72. The van der Waals surface area contributed by atoms with E-state index < -0.39 is 0 Å². The normalized spacial score (nSPS) is 10.6. The number of aryl methyl sites for hydroxylation is 2. The summed E-state index contributed by atoms with van der Waals surface area (Å²) in [6.45, 7) is 4.30. The number of carbonyl (C=O) groups is 1. The van der Waals surface area contributed by atoms with Crippen molar-refractivity contribution in [2.24, 2.45) is 0 Å². The molecule has 0 radical (unpaired) electrons. The predicted molar refractivity (Wildman–Crippen MR) is 93.2 cm³/mol. The Labute approximate surface area is 140 Å². The molecule has 0 fully saturated rings. The third-order valence-corrected chi connectivity index (χ3v) is 3.80. The van der Waals surface area contributed by atoms with Crippen molar-refractivity contribution in [3.05, 3.63) is 65.0 Å². The maximum atomic E-state index is 12.6. The van der Waals surface area contributed by atoms with Crippen molar-refractivity contribution >= 4 is 16.8 Å². The van der Waals surface area contributed by atoms with Crippen molar-refractivity contribution < 1.29 is 9.53 Å². The first-order valence-electron chi connectivity index (χ1n) is 7.72. The van der Waals surface area contributed by atoms with E-state index >= 15 is 0 Å². The molecule has 2 heterocycles. The van der Waals surface area contributed by atoms with Crippen molar-refractivity contribution in [3.63, 3.8) is 0 Å². The van der Waals surface area contributed by atoms with Crippen molar-refractivity contribution in [2.45, 2.75) is 20.4 Å². The van der Waals surface area contributed by atoms with Gasteiger partial charge in [0.15, 0.2) is 0 Å². The largest absolute Gasteiger partial charge is 0.481 e. The van der Waals surface area contributed by atoms with Gasteiger partial charge in [-0.05, 0) is 37.6 Å². The average Bonchev–Trinajstić information content (AvgIpc) is 2.59. The molecule has 0 atom stereocenters. The summed E-state index contributed by atoms with van der Waals surface area (Å²) in [7, 11) is 1.57. The maximum absolute atomic E-state index is 12.6. The standard InChI is InChI=1S/C19H19N3O2/c1-12-4-6-17-15(8-12)16(9-13(2)22-17)19(23)21-11-14-5-7-18(24-3)20-10-14/h4-10H,11H2,1-3H3,(H,21,23). The molecule has 24 heavy (non-hydrogen) atoms. The Balaban J connectivity index is 1.84. The van der Waals surface area contributed by atoms with Crippen molar-refractivity contribution in [2.75, 3.05) is 7.11 Å². The minimum absolute atomic E-state index is 0.119. The summed E-state index contributed by atoms with van der Waals surface area (Å²) in [6, 6.07) is 11.4. The molecule has 0 aliphatic heterocycles. The van der Waals surface area contributed by atoms with Gasteiger partial charge in [0.2, 0.25) is 5.88 Å². The van der Waals surface area contributed by atoms with Crippen LogP contribution in [0.2, 0.25) is 0 Å². The van der Waals surface area contributed by atoms with Crippen LogP contribution in [0.1, 0.15) is 27.2 Å². The summed E-state index contributed by atoms with van der Waals surface area (Å²) in [6.07, 6.45) is 1.69. The number of nitrogens with one attached hydrogen (secondary N) is 1. The number of hydrogen-bond donors (Lipinski definition) is 1. The lowest BCUT2D eigenvalue weighted by Gasteiger charge is -2.10. The van der Waals surface area contributed by atoms with Gasteiger partial charge in [-0.2, -0.15) is 0 Å². The fraction of sp³-hybridized carbons (Fsp3) is 0.211. The zero-order valence-corrected chi connectivity index (χ0v) is 14.0. The lowest BCUT2D eigenvalue weighted by molar-refractivity contribution is 0.0952. The number of fused-ring (bicyclic) bond motifs is 1. The lowest BCUT2D eigenvalue weighted by Crippen LogP contribution is -2.23. The predicted octanol–water partition coefficient (Wildman–Crippen LogP) is 3.19. The highest BCUT2D eigenvalue weighted by Crippen LogP contribution is 2.20. The van der Waals surface area contributed by atoms with E-state index in [1.807, 2.05) is 44.2 Å². The van der Waals surface area contributed by atoms with Gasteiger partial charge in [0.05, 0.1) is 18.2 Å². The highest BCUT2D eigenvalue weighted by atomic mass is 16.5. The Kier molecular flexibility index (Phi) is 4.42. The van der Waals surface area contributed by atoms with Crippen LogP contribution in [-0.4, -0.2) is 23.0 Å². The summed E-state index contributed by atoms with van der Waals surface area (Å²) >= 11 is 0. The molecule has 0 bridgehead atoms. The van der Waals surface area contributed by atoms with Crippen LogP contribution in [0, 0.1) is 13.8 Å². The first kappa shape index (κ1) is 15.9. The molecular formula is C19H19N3O2. The summed E-state index contributed by atoms with van der Waals surface area (Å²) in [4.78, 5) is 21.3. The van der Waals surface area contributed by atoms with Crippen LogP contribution >= 0.6 is 0 Å². The highest BCUT2D eigenvalue weighted by Gasteiger charge is 2.12. The number of amides is 1. The molecule has 1 amide bonds. The first-order valence-corrected chi connectivity index (χ1v) is 7.72. The van der Waals surface area contributed by atoms with Crippen molar-refractivity contribution in [1.29, 1.82) is 0 Å². The van der Waals surface area contributed by atoms with Crippen LogP contribution in [0.15, 0.2) is 42.6 Å². The highest BCUT2D eigenvalue weighted by molar-refractivity contribution is 6.06. The molecule has 0 unspecified atom stereocenters. The van der Waals surface area contributed by atoms with Crippen molar-refractivity contribution in [1.82, 2.24) is 15.3 Å². The zero-order valence-electron chi connectivity index (χ0n) is 14.0. The van der Waals surface area contributed by atoms with E-state index in [1.165, 1.54) is 0 Å². The minimum Gasteiger partial charge on any atom is -0.481 e. The van der Waals surface area contributed by atoms with Gasteiger partial charge in [-0.15, -0.1) is 0 Å². The molecule has 0 aliphatic rings. The molecule has 1 N–H and O–H groups in total. The molecule has 0 aliphatic carbocycles. The number of pyridine rings is 2. The van der Waals surface area contributed by atoms with Crippen LogP contribution in [0.4, 0.5) is 0 Å². The van der Waals surface area contributed by atoms with E-state index in [-0.39, 0.29) is 5.91 Å². The van der Waals surface area contributed by atoms with Gasteiger partial charge < -0.3 is 10.1 Å². The van der Waals surface area contributed by atoms with Crippen LogP contribution in [0.5, 0.6) is 5.88 Å². The number of carbonyl (C=O) groups excluding carboxylic acids is 1. The van der Waals surface area contributed by atoms with Crippen molar-refractivity contribution in [3.8, 4) is 5.88 Å². The Morgan fingerprint density at radius 2 is 2.00 bits per heavy atom. The molecule has 0 saturated carbocycles. The van der Waals surface area contributed by atoms with Crippen LogP contribution < -0.4 is 10.1 Å². The second-order valence-electron chi connectivity index (χ2n) is 5.72. The van der Waals surface area contributed by atoms with Gasteiger partial charge in [-0.3, -0.25) is 9.78 Å². The summed E-state index contributed by atoms with van der Waals surface area (Å²) < 4.78 is 5.03. The third-order valence-electron chi connectivity index (χ3n) is 3.80. The number of rotatable bonds is 4. The number of benzene rings is 1. The minimum atomic E-state index is -0.119. The van der Waals surface area contributed by atoms with E-state index in [0.29, 0.717) is 18.0 Å². The van der Waals surface area contributed by atoms with Gasteiger partial charge in [0.25, 0.3) is 5.91 Å². The maximum Gasteiger partial charge on any atom is 0.252 e. The number of nitrogens with zero attached hydrogens (tertiary/aromatic N) is 2. The number of hydrogen-bond acceptors (Lipinski definition) is 4. The van der Waals surface area contributed by atoms with E-state index in [0.717, 1.165) is 27.7 Å². The van der Waals surface area contributed by atoms with Gasteiger partial charge in [0, 0.05) is 29.9 Å². The first-order chi connectivity index (χ1) is 11.6. The lowest BCUT2D eigenvalue weighted by atomic mass is 10.0. The fourth-order valence-electron chi connectivity index (χ4n) is 2.57. The van der Waals surface area contributed by atoms with Gasteiger partial charge in [0.1, 0.15) is 0 Å². The molecule has 5 heteroatoms. The Hall–Kier alpha value is -2.95. The Morgan fingerprint density at radius 1 is 1.17 bits per heavy atom. The second kappa shape index (κ2) is 6.66. The Morgan fingerprint density at radius 3 is 2.71 bits per heavy atom. The van der Waals surface area contributed by atoms with Crippen LogP contribution in [0.3, 0.4) is 0 Å². The van der Waals surface area contributed by atoms with Gasteiger partial charge in [-0.1, -0.05) is 17.7 Å². The summed E-state index contributed by atoms with van der Waals surface area (Å²) in [5.74, 6) is 0.434. The van der Waals surface area contributed by atoms with Crippen LogP contribution in [0.25, 0.3) is 10.9 Å². The molecule has 0 spiro atoms. The van der Waals surface area contributed by atoms with Crippen LogP contribution in [-0.2, 0) is 6.54 Å². The molecule has 122 valence electrons. The smallest absolute Gasteiger partial charge is 0.252 e. The Bertz CT molecular complexity index is 889. The molecule has 3 aromatic rings. The van der Waals surface area contributed by atoms with E-state index in [1.54, 1.807) is 19.4 Å². The topological polar surface area (TPSA) is 64.1 Å². The average molecular weight is 321 g/mol. The zero-order chi connectivity index (χ0) is 17.1. The molecule has 0 saturated heterocycles.